The van der Waals surface area contributed by atoms with E-state index in [0.29, 0.717) is 5.41 Å². The molecular weight excluding hydrogens is 278 g/mol. The standard InChI is InChI=1S/C14H22BrNO/c1-14(2,3)8-7-12(16)11-9-10(15)5-6-13(11)17-4/h5-6,9,12H,7-8,16H2,1-4H3. The molecule has 17 heavy (non-hydrogen) atoms. The van der Waals surface area contributed by atoms with Crippen LogP contribution in [-0.2, 0) is 0 Å². The molecule has 1 atom stereocenters. The molecule has 1 unspecified atom stereocenters. The average molecular weight is 300 g/mol. The van der Waals surface area contributed by atoms with Crippen molar-refractivity contribution < 1.29 is 4.74 Å². The lowest BCUT2D eigenvalue weighted by atomic mass is 9.87. The molecular formula is C14H22BrNO. The Morgan fingerprint density at radius 3 is 2.53 bits per heavy atom. The van der Waals surface area contributed by atoms with Crippen LogP contribution in [0.2, 0.25) is 0 Å². The van der Waals surface area contributed by atoms with E-state index in [1.54, 1.807) is 7.11 Å². The summed E-state index contributed by atoms with van der Waals surface area (Å²) in [5, 5.41) is 0. The number of rotatable bonds is 4. The third-order valence-corrected chi connectivity index (χ3v) is 3.29. The first-order valence-corrected chi connectivity index (χ1v) is 6.72. The third kappa shape index (κ3) is 4.68. The lowest BCUT2D eigenvalue weighted by molar-refractivity contribution is 0.344. The summed E-state index contributed by atoms with van der Waals surface area (Å²) in [6.45, 7) is 6.70. The Kier molecular flexibility index (Phi) is 5.02. The minimum atomic E-state index is 0.0293. The Balaban J connectivity index is 2.80. The van der Waals surface area contributed by atoms with E-state index in [1.165, 1.54) is 0 Å². The van der Waals surface area contributed by atoms with Crippen LogP contribution in [0.4, 0.5) is 0 Å². The van der Waals surface area contributed by atoms with Gasteiger partial charge in [-0.1, -0.05) is 36.7 Å². The number of benzene rings is 1. The molecule has 1 aromatic carbocycles. The van der Waals surface area contributed by atoms with Gasteiger partial charge >= 0.3 is 0 Å². The van der Waals surface area contributed by atoms with Gasteiger partial charge in [-0.05, 0) is 36.5 Å². The summed E-state index contributed by atoms with van der Waals surface area (Å²) in [5.41, 5.74) is 7.64. The van der Waals surface area contributed by atoms with Crippen LogP contribution >= 0.6 is 15.9 Å². The Bertz CT molecular complexity index is 371. The molecule has 0 fully saturated rings. The summed E-state index contributed by atoms with van der Waals surface area (Å²) in [5.74, 6) is 0.870. The van der Waals surface area contributed by atoms with Crippen molar-refractivity contribution in [2.45, 2.75) is 39.7 Å². The highest BCUT2D eigenvalue weighted by Crippen LogP contribution is 2.32. The van der Waals surface area contributed by atoms with Crippen LogP contribution in [0.15, 0.2) is 22.7 Å². The van der Waals surface area contributed by atoms with E-state index in [-0.39, 0.29) is 6.04 Å². The van der Waals surface area contributed by atoms with Crippen molar-refractivity contribution in [1.29, 1.82) is 0 Å². The molecule has 0 saturated carbocycles. The van der Waals surface area contributed by atoms with Crippen molar-refractivity contribution in [2.24, 2.45) is 11.1 Å². The van der Waals surface area contributed by atoms with Crippen molar-refractivity contribution in [1.82, 2.24) is 0 Å². The van der Waals surface area contributed by atoms with Gasteiger partial charge in [-0.15, -0.1) is 0 Å². The minimum Gasteiger partial charge on any atom is -0.496 e. The van der Waals surface area contributed by atoms with Gasteiger partial charge in [0, 0.05) is 16.1 Å². The molecule has 2 N–H and O–H groups in total. The number of hydrogen-bond donors (Lipinski definition) is 1. The number of nitrogens with two attached hydrogens (primary N) is 1. The van der Waals surface area contributed by atoms with Gasteiger partial charge in [-0.25, -0.2) is 0 Å². The summed E-state index contributed by atoms with van der Waals surface area (Å²) in [7, 11) is 1.68. The van der Waals surface area contributed by atoms with Crippen LogP contribution < -0.4 is 10.5 Å². The van der Waals surface area contributed by atoms with Gasteiger partial charge in [0.15, 0.2) is 0 Å². The van der Waals surface area contributed by atoms with Crippen LogP contribution in [0, 0.1) is 5.41 Å². The highest BCUT2D eigenvalue weighted by Gasteiger charge is 2.16. The van der Waals surface area contributed by atoms with Crippen molar-refractivity contribution in [2.75, 3.05) is 7.11 Å². The molecule has 96 valence electrons. The number of ether oxygens (including phenoxy) is 1. The van der Waals surface area contributed by atoms with Crippen LogP contribution in [0.1, 0.15) is 45.2 Å². The summed E-state index contributed by atoms with van der Waals surface area (Å²) in [6, 6.07) is 6.00. The quantitative estimate of drug-likeness (QED) is 0.900. The van der Waals surface area contributed by atoms with Crippen LogP contribution in [-0.4, -0.2) is 7.11 Å². The monoisotopic (exact) mass is 299 g/mol. The third-order valence-electron chi connectivity index (χ3n) is 2.80. The van der Waals surface area contributed by atoms with Crippen LogP contribution in [0.5, 0.6) is 5.75 Å². The average Bonchev–Trinajstić information content (AvgIpc) is 2.25. The van der Waals surface area contributed by atoms with Crippen molar-refractivity contribution >= 4 is 15.9 Å². The molecule has 1 rings (SSSR count). The first kappa shape index (κ1) is 14.5. The predicted molar refractivity (Wildman–Crippen MR) is 76.3 cm³/mol. The largest absolute Gasteiger partial charge is 0.496 e. The van der Waals surface area contributed by atoms with Gasteiger partial charge in [0.2, 0.25) is 0 Å². The topological polar surface area (TPSA) is 35.2 Å². The fraction of sp³-hybridized carbons (Fsp3) is 0.571. The normalized spacial score (nSPS) is 13.5. The zero-order valence-corrected chi connectivity index (χ0v) is 12.7. The SMILES string of the molecule is COc1ccc(Br)cc1C(N)CCC(C)(C)C. The van der Waals surface area contributed by atoms with Crippen LogP contribution in [0.25, 0.3) is 0 Å². The molecule has 2 nitrogen and oxygen atoms in total. The maximum Gasteiger partial charge on any atom is 0.123 e. The molecule has 3 heteroatoms. The second-order valence-electron chi connectivity index (χ2n) is 5.59. The van der Waals surface area contributed by atoms with Gasteiger partial charge in [0.1, 0.15) is 5.75 Å². The Morgan fingerprint density at radius 1 is 1.35 bits per heavy atom. The Hall–Kier alpha value is -0.540. The van der Waals surface area contributed by atoms with E-state index in [9.17, 15) is 0 Å². The fourth-order valence-electron chi connectivity index (χ4n) is 1.74. The predicted octanol–water partition coefficient (Wildman–Crippen LogP) is 4.28. The zero-order valence-electron chi connectivity index (χ0n) is 11.1. The van der Waals surface area contributed by atoms with E-state index in [1.807, 2.05) is 18.2 Å². The molecule has 0 heterocycles. The molecule has 0 radical (unpaired) electrons. The maximum atomic E-state index is 6.25. The molecule has 0 aromatic heterocycles. The molecule has 0 spiro atoms. The zero-order chi connectivity index (χ0) is 13.1. The van der Waals surface area contributed by atoms with Gasteiger partial charge < -0.3 is 10.5 Å². The van der Waals surface area contributed by atoms with E-state index >= 15 is 0 Å². The highest BCUT2D eigenvalue weighted by molar-refractivity contribution is 9.10. The lowest BCUT2D eigenvalue weighted by Gasteiger charge is -2.22. The van der Waals surface area contributed by atoms with Gasteiger partial charge in [-0.3, -0.25) is 0 Å². The number of methoxy groups -OCH3 is 1. The van der Waals surface area contributed by atoms with E-state index in [2.05, 4.69) is 36.7 Å². The van der Waals surface area contributed by atoms with Crippen molar-refractivity contribution in [3.63, 3.8) is 0 Å². The van der Waals surface area contributed by atoms with Crippen LogP contribution in [0.3, 0.4) is 0 Å². The molecule has 0 amide bonds. The first-order chi connectivity index (χ1) is 7.83. The second kappa shape index (κ2) is 5.87. The summed E-state index contributed by atoms with van der Waals surface area (Å²) < 4.78 is 6.39. The minimum absolute atomic E-state index is 0.0293. The first-order valence-electron chi connectivity index (χ1n) is 5.92. The maximum absolute atomic E-state index is 6.25. The summed E-state index contributed by atoms with van der Waals surface area (Å²) >= 11 is 3.47. The summed E-state index contributed by atoms with van der Waals surface area (Å²) in [6.07, 6.45) is 2.07. The Morgan fingerprint density at radius 2 is 2.00 bits per heavy atom. The highest BCUT2D eigenvalue weighted by atomic mass is 79.9. The number of hydrogen-bond acceptors (Lipinski definition) is 2. The molecule has 0 bridgehead atoms. The summed E-state index contributed by atoms with van der Waals surface area (Å²) in [4.78, 5) is 0. The van der Waals surface area contributed by atoms with Crippen molar-refractivity contribution in [3.8, 4) is 5.75 Å². The molecule has 0 aliphatic rings. The number of halogens is 1. The molecule has 0 aliphatic carbocycles. The molecule has 1 aromatic rings. The second-order valence-corrected chi connectivity index (χ2v) is 6.51. The van der Waals surface area contributed by atoms with E-state index in [4.69, 9.17) is 10.5 Å². The Labute approximate surface area is 113 Å². The van der Waals surface area contributed by atoms with Gasteiger partial charge in [-0.2, -0.15) is 0 Å². The fourth-order valence-corrected chi connectivity index (χ4v) is 2.12. The van der Waals surface area contributed by atoms with E-state index in [0.717, 1.165) is 28.6 Å². The van der Waals surface area contributed by atoms with Crippen molar-refractivity contribution in [3.05, 3.63) is 28.2 Å². The molecule has 0 aliphatic heterocycles. The van der Waals surface area contributed by atoms with Gasteiger partial charge in [0.05, 0.1) is 7.11 Å². The van der Waals surface area contributed by atoms with E-state index < -0.39 is 0 Å². The molecule has 0 saturated heterocycles. The lowest BCUT2D eigenvalue weighted by Crippen LogP contribution is -2.15. The van der Waals surface area contributed by atoms with Gasteiger partial charge in [0.25, 0.3) is 0 Å². The smallest absolute Gasteiger partial charge is 0.123 e.